The third-order valence-electron chi connectivity index (χ3n) is 3.11. The number of hydrogen-bond donors (Lipinski definition) is 1. The number of hydrogen-bond acceptors (Lipinski definition) is 5. The van der Waals surface area contributed by atoms with E-state index in [2.05, 4.69) is 10.1 Å². The van der Waals surface area contributed by atoms with E-state index in [1.807, 2.05) is 24.6 Å². The number of aryl methyl sites for hydroxylation is 2. The van der Waals surface area contributed by atoms with E-state index in [-0.39, 0.29) is 5.69 Å². The van der Waals surface area contributed by atoms with Crippen LogP contribution in [0.25, 0.3) is 0 Å². The molecule has 0 spiro atoms. The summed E-state index contributed by atoms with van der Waals surface area (Å²) >= 11 is 0. The molecule has 2 aromatic rings. The van der Waals surface area contributed by atoms with Gasteiger partial charge in [0.15, 0.2) is 5.69 Å². The van der Waals surface area contributed by atoms with E-state index in [1.165, 1.54) is 0 Å². The fourth-order valence-electron chi connectivity index (χ4n) is 2.03. The lowest BCUT2D eigenvalue weighted by Crippen LogP contribution is -2.12. The summed E-state index contributed by atoms with van der Waals surface area (Å²) in [6, 6.07) is 1.91. The van der Waals surface area contributed by atoms with Crippen molar-refractivity contribution in [2.45, 2.75) is 26.8 Å². The van der Waals surface area contributed by atoms with Crippen LogP contribution in [0.1, 0.15) is 35.9 Å². The Balaban J connectivity index is 2.37. The Morgan fingerprint density at radius 1 is 1.45 bits per heavy atom. The molecule has 2 heterocycles. The van der Waals surface area contributed by atoms with E-state index in [9.17, 15) is 4.79 Å². The van der Waals surface area contributed by atoms with Gasteiger partial charge in [-0.15, -0.1) is 0 Å². The summed E-state index contributed by atoms with van der Waals surface area (Å²) in [6.07, 6.45) is 2.40. The first-order chi connectivity index (χ1) is 9.58. The summed E-state index contributed by atoms with van der Waals surface area (Å²) in [4.78, 5) is 16.1. The van der Waals surface area contributed by atoms with Gasteiger partial charge >= 0.3 is 5.97 Å². The molecular weight excluding hydrogens is 258 g/mol. The molecule has 0 aromatic carbocycles. The highest BCUT2D eigenvalue weighted by Crippen LogP contribution is 2.18. The van der Waals surface area contributed by atoms with Gasteiger partial charge in [-0.05, 0) is 13.0 Å². The van der Waals surface area contributed by atoms with Gasteiger partial charge < -0.3 is 15.0 Å². The highest BCUT2D eigenvalue weighted by molar-refractivity contribution is 5.92. The van der Waals surface area contributed by atoms with Gasteiger partial charge in [-0.1, -0.05) is 6.92 Å². The Morgan fingerprint density at radius 3 is 2.75 bits per heavy atom. The molecule has 0 radical (unpaired) electrons. The zero-order valence-corrected chi connectivity index (χ0v) is 12.0. The van der Waals surface area contributed by atoms with Crippen molar-refractivity contribution in [3.8, 4) is 0 Å². The van der Waals surface area contributed by atoms with Gasteiger partial charge in [0.2, 0.25) is 0 Å². The van der Waals surface area contributed by atoms with Crippen LogP contribution in [0.5, 0.6) is 0 Å². The summed E-state index contributed by atoms with van der Waals surface area (Å²) in [6.45, 7) is 4.55. The number of aromatic nitrogens is 4. The number of esters is 1. The van der Waals surface area contributed by atoms with Gasteiger partial charge in [-0.2, -0.15) is 5.10 Å². The van der Waals surface area contributed by atoms with Crippen molar-refractivity contribution < 1.29 is 9.53 Å². The SMILES string of the molecule is CCOC(=O)c1nc(CC)n(Cc2ccnn2C)c1N. The minimum atomic E-state index is -0.483. The van der Waals surface area contributed by atoms with E-state index in [1.54, 1.807) is 17.8 Å². The van der Waals surface area contributed by atoms with Crippen LogP contribution < -0.4 is 5.73 Å². The topological polar surface area (TPSA) is 88.0 Å². The minimum Gasteiger partial charge on any atom is -0.461 e. The third kappa shape index (κ3) is 2.52. The van der Waals surface area contributed by atoms with Crippen LogP contribution in [-0.4, -0.2) is 31.9 Å². The summed E-state index contributed by atoms with van der Waals surface area (Å²) < 4.78 is 8.56. The molecule has 0 atom stereocenters. The van der Waals surface area contributed by atoms with E-state index in [0.717, 1.165) is 11.5 Å². The fraction of sp³-hybridized carbons (Fsp3) is 0.462. The Labute approximate surface area is 117 Å². The Hall–Kier alpha value is -2.31. The van der Waals surface area contributed by atoms with Crippen LogP contribution >= 0.6 is 0 Å². The summed E-state index contributed by atoms with van der Waals surface area (Å²) in [7, 11) is 1.86. The van der Waals surface area contributed by atoms with Crippen LogP contribution in [0, 0.1) is 0 Å². The van der Waals surface area contributed by atoms with Crippen LogP contribution in [-0.2, 0) is 24.8 Å². The smallest absolute Gasteiger partial charge is 0.360 e. The maximum Gasteiger partial charge on any atom is 0.360 e. The van der Waals surface area contributed by atoms with E-state index in [4.69, 9.17) is 10.5 Å². The van der Waals surface area contributed by atoms with Crippen LogP contribution in [0.3, 0.4) is 0 Å². The van der Waals surface area contributed by atoms with Crippen LogP contribution in [0.4, 0.5) is 5.82 Å². The quantitative estimate of drug-likeness (QED) is 0.823. The molecule has 0 saturated heterocycles. The van der Waals surface area contributed by atoms with Crippen molar-refractivity contribution in [2.24, 2.45) is 7.05 Å². The molecule has 0 aliphatic rings. The van der Waals surface area contributed by atoms with Crippen molar-refractivity contribution in [1.82, 2.24) is 19.3 Å². The lowest BCUT2D eigenvalue weighted by atomic mass is 10.3. The predicted octanol–water partition coefficient (Wildman–Crippen LogP) is 0.986. The van der Waals surface area contributed by atoms with Gasteiger partial charge in [-0.3, -0.25) is 4.68 Å². The molecule has 2 N–H and O–H groups in total. The molecule has 0 amide bonds. The third-order valence-corrected chi connectivity index (χ3v) is 3.11. The van der Waals surface area contributed by atoms with Crippen LogP contribution in [0.2, 0.25) is 0 Å². The number of imidazole rings is 1. The molecule has 2 aromatic heterocycles. The molecule has 7 heteroatoms. The van der Waals surface area contributed by atoms with Crippen molar-refractivity contribution >= 4 is 11.8 Å². The predicted molar refractivity (Wildman–Crippen MR) is 74.3 cm³/mol. The molecule has 0 fully saturated rings. The molecule has 2 rings (SSSR count). The maximum atomic E-state index is 11.8. The van der Waals surface area contributed by atoms with E-state index >= 15 is 0 Å². The van der Waals surface area contributed by atoms with Crippen molar-refractivity contribution in [3.63, 3.8) is 0 Å². The highest BCUT2D eigenvalue weighted by Gasteiger charge is 2.21. The van der Waals surface area contributed by atoms with E-state index in [0.29, 0.717) is 25.4 Å². The average molecular weight is 277 g/mol. The molecule has 0 bridgehead atoms. The molecule has 0 aliphatic carbocycles. The standard InChI is InChI=1S/C13H19N5O2/c1-4-10-16-11(13(19)20-5-2)12(14)18(10)8-9-6-7-15-17(9)3/h6-7H,4-5,8,14H2,1-3H3. The molecule has 7 nitrogen and oxygen atoms in total. The summed E-state index contributed by atoms with van der Waals surface area (Å²) in [5.41, 5.74) is 7.22. The second-order valence-corrected chi connectivity index (χ2v) is 4.37. The molecular formula is C13H19N5O2. The highest BCUT2D eigenvalue weighted by atomic mass is 16.5. The monoisotopic (exact) mass is 277 g/mol. The first-order valence-corrected chi connectivity index (χ1v) is 6.57. The summed E-state index contributed by atoms with van der Waals surface area (Å²) in [5.74, 6) is 0.608. The zero-order chi connectivity index (χ0) is 14.7. The Kier molecular flexibility index (Phi) is 4.07. The average Bonchev–Trinajstić information content (AvgIpc) is 2.96. The lowest BCUT2D eigenvalue weighted by Gasteiger charge is -2.09. The number of carbonyl (C=O) groups is 1. The molecule has 0 aliphatic heterocycles. The van der Waals surface area contributed by atoms with Gasteiger partial charge in [0.25, 0.3) is 0 Å². The second-order valence-electron chi connectivity index (χ2n) is 4.37. The number of rotatable bonds is 5. The van der Waals surface area contributed by atoms with Crippen molar-refractivity contribution in [2.75, 3.05) is 12.3 Å². The number of anilines is 1. The van der Waals surface area contributed by atoms with Gasteiger partial charge in [0, 0.05) is 19.7 Å². The number of nitrogen functional groups attached to an aromatic ring is 1. The second kappa shape index (κ2) is 5.77. The number of carbonyl (C=O) groups excluding carboxylic acids is 1. The van der Waals surface area contributed by atoms with Crippen molar-refractivity contribution in [1.29, 1.82) is 0 Å². The fourth-order valence-corrected chi connectivity index (χ4v) is 2.03. The number of ether oxygens (including phenoxy) is 1. The van der Waals surface area contributed by atoms with Crippen LogP contribution in [0.15, 0.2) is 12.3 Å². The first kappa shape index (κ1) is 14.1. The molecule has 108 valence electrons. The molecule has 20 heavy (non-hydrogen) atoms. The Bertz CT molecular complexity index is 614. The molecule has 0 unspecified atom stereocenters. The largest absolute Gasteiger partial charge is 0.461 e. The maximum absolute atomic E-state index is 11.8. The zero-order valence-electron chi connectivity index (χ0n) is 12.0. The molecule has 0 saturated carbocycles. The van der Waals surface area contributed by atoms with Gasteiger partial charge in [-0.25, -0.2) is 9.78 Å². The van der Waals surface area contributed by atoms with Gasteiger partial charge in [0.1, 0.15) is 11.6 Å². The first-order valence-electron chi connectivity index (χ1n) is 6.57. The normalized spacial score (nSPS) is 10.8. The number of nitrogens with two attached hydrogens (primary N) is 1. The Morgan fingerprint density at radius 2 is 2.20 bits per heavy atom. The van der Waals surface area contributed by atoms with Crippen molar-refractivity contribution in [3.05, 3.63) is 29.5 Å². The summed E-state index contributed by atoms with van der Waals surface area (Å²) in [5, 5.41) is 4.12. The van der Waals surface area contributed by atoms with Gasteiger partial charge in [0.05, 0.1) is 18.8 Å². The minimum absolute atomic E-state index is 0.186. The number of nitrogens with zero attached hydrogens (tertiary/aromatic N) is 4. The lowest BCUT2D eigenvalue weighted by molar-refractivity contribution is 0.0521. The van der Waals surface area contributed by atoms with E-state index < -0.39 is 5.97 Å².